The van der Waals surface area contributed by atoms with E-state index in [4.69, 9.17) is 37.4 Å². The number of ketones is 1. The van der Waals surface area contributed by atoms with E-state index in [-0.39, 0.29) is 40.4 Å². The molecule has 1 aromatic rings. The molecule has 5 aliphatic rings. The van der Waals surface area contributed by atoms with Gasteiger partial charge in [0, 0.05) is 27.6 Å². The van der Waals surface area contributed by atoms with Crippen LogP contribution in [-0.2, 0) is 19.0 Å². The van der Waals surface area contributed by atoms with Gasteiger partial charge in [-0.05, 0) is 48.8 Å². The van der Waals surface area contributed by atoms with Crippen LogP contribution in [0.25, 0.3) is 0 Å². The monoisotopic (exact) mass is 616 g/mol. The zero-order valence-corrected chi connectivity index (χ0v) is 23.9. The Balaban J connectivity index is 1.41. The van der Waals surface area contributed by atoms with Crippen LogP contribution in [0.2, 0.25) is 0 Å². The quantitative estimate of drug-likeness (QED) is 0.387. The molecule has 2 N–H and O–H groups in total. The fourth-order valence-electron chi connectivity index (χ4n) is 8.12. The summed E-state index contributed by atoms with van der Waals surface area (Å²) in [7, 11) is 0. The Bertz CT molecular complexity index is 1160. The number of alkyl halides is 3. The van der Waals surface area contributed by atoms with Crippen molar-refractivity contribution in [3.05, 3.63) is 34.4 Å². The van der Waals surface area contributed by atoms with Crippen LogP contribution in [0.15, 0.2) is 12.1 Å². The highest BCUT2D eigenvalue weighted by Gasteiger charge is 2.74. The minimum Gasteiger partial charge on any atom is -0.459 e. The third kappa shape index (κ3) is 3.45. The predicted octanol–water partition coefficient (Wildman–Crippen LogP) is 4.14. The van der Waals surface area contributed by atoms with Crippen molar-refractivity contribution < 1.29 is 34.0 Å². The molecule has 1 aromatic carbocycles. The number of aliphatic hydroxyl groups excluding tert-OH is 2. The molecule has 11 atom stereocenters. The lowest BCUT2D eigenvalue weighted by Gasteiger charge is -2.55. The first-order valence-corrected chi connectivity index (χ1v) is 14.7. The van der Waals surface area contributed by atoms with Crippen molar-refractivity contribution in [3.63, 3.8) is 0 Å². The average Bonchev–Trinajstić information content (AvgIpc) is 3.41. The van der Waals surface area contributed by atoms with Gasteiger partial charge in [-0.15, -0.1) is 23.2 Å². The number of aliphatic hydroxyl groups is 2. The van der Waals surface area contributed by atoms with Crippen molar-refractivity contribution in [1.82, 2.24) is 0 Å². The van der Waals surface area contributed by atoms with Crippen LogP contribution in [0.5, 0.6) is 0 Å². The molecule has 2 bridgehead atoms. The van der Waals surface area contributed by atoms with Gasteiger partial charge in [0.05, 0.1) is 18.6 Å². The van der Waals surface area contributed by atoms with E-state index >= 15 is 0 Å². The summed E-state index contributed by atoms with van der Waals surface area (Å²) in [5, 5.41) is 22.2. The minimum atomic E-state index is -1.13. The fourth-order valence-corrected chi connectivity index (χ4v) is 9.95. The van der Waals surface area contributed by atoms with Crippen LogP contribution in [0.4, 0.5) is 0 Å². The van der Waals surface area contributed by atoms with Gasteiger partial charge in [-0.1, -0.05) is 41.9 Å². The molecular weight excluding hydrogens is 587 g/mol. The third-order valence-corrected chi connectivity index (χ3v) is 11.4. The van der Waals surface area contributed by atoms with E-state index in [9.17, 15) is 19.8 Å². The highest BCUT2D eigenvalue weighted by molar-refractivity contribution is 9.09. The highest BCUT2D eigenvalue weighted by atomic mass is 79.9. The summed E-state index contributed by atoms with van der Waals surface area (Å²) in [6.07, 6.45) is -1.53. The maximum absolute atomic E-state index is 14.3. The fraction of sp³-hybridized carbons (Fsp3) is 0.704. The van der Waals surface area contributed by atoms with Crippen molar-refractivity contribution in [2.24, 2.45) is 17.3 Å². The number of halogens is 3. The van der Waals surface area contributed by atoms with E-state index in [1.165, 1.54) is 0 Å². The lowest BCUT2D eigenvalue weighted by Crippen LogP contribution is -2.66. The number of carbonyl (C=O) groups is 2. The SMILES string of the molecule is Cc1c([C@@H](C(Cl)Cl)[C@H](O)[C@H]2C[C@@H](C)C(=O)O2)ccc2c1C(=O)[C@H]1[C@H]2C[C@H](Br)[C@@]23O[C@@H](CO[C@H]2O)C[C@]13C. The molecular formula is C27H31BrCl2O7. The molecule has 4 fully saturated rings. The highest BCUT2D eigenvalue weighted by Crippen LogP contribution is 2.68. The van der Waals surface area contributed by atoms with Gasteiger partial charge < -0.3 is 24.4 Å². The first-order valence-electron chi connectivity index (χ1n) is 12.9. The molecule has 0 unspecified atom stereocenters. The zero-order chi connectivity index (χ0) is 26.6. The molecule has 3 saturated heterocycles. The molecule has 0 aromatic heterocycles. The summed E-state index contributed by atoms with van der Waals surface area (Å²) in [5.41, 5.74) is 1.34. The van der Waals surface area contributed by atoms with Gasteiger partial charge in [-0.25, -0.2) is 0 Å². The van der Waals surface area contributed by atoms with Gasteiger partial charge in [0.15, 0.2) is 12.1 Å². The third-order valence-electron chi connectivity index (χ3n) is 9.83. The van der Waals surface area contributed by atoms with E-state index in [0.717, 1.165) is 11.1 Å². The van der Waals surface area contributed by atoms with Crippen LogP contribution in [-0.4, -0.2) is 68.4 Å². The Hall–Kier alpha value is -0.740. The molecule has 3 aliphatic heterocycles. The number of hydrogen-bond donors (Lipinski definition) is 2. The maximum Gasteiger partial charge on any atom is 0.309 e. The molecule has 2 aliphatic carbocycles. The lowest BCUT2D eigenvalue weighted by atomic mass is 9.54. The first kappa shape index (κ1) is 26.5. The van der Waals surface area contributed by atoms with E-state index in [1.807, 2.05) is 26.0 Å². The second-order valence-electron chi connectivity index (χ2n) is 11.7. The summed E-state index contributed by atoms with van der Waals surface area (Å²) >= 11 is 16.6. The summed E-state index contributed by atoms with van der Waals surface area (Å²) in [5.74, 6) is -1.83. The van der Waals surface area contributed by atoms with Crippen molar-refractivity contribution in [1.29, 1.82) is 0 Å². The smallest absolute Gasteiger partial charge is 0.309 e. The Morgan fingerprint density at radius 1 is 1.22 bits per heavy atom. The Morgan fingerprint density at radius 3 is 2.59 bits per heavy atom. The van der Waals surface area contributed by atoms with Crippen LogP contribution < -0.4 is 0 Å². The van der Waals surface area contributed by atoms with Gasteiger partial charge in [0.2, 0.25) is 0 Å². The number of cyclic esters (lactones) is 1. The second-order valence-corrected chi connectivity index (χ2v) is 14.0. The van der Waals surface area contributed by atoms with Gasteiger partial charge >= 0.3 is 5.97 Å². The molecule has 10 heteroatoms. The Kier molecular flexibility index (Phi) is 6.36. The van der Waals surface area contributed by atoms with Gasteiger partial charge in [-0.2, -0.15) is 0 Å². The molecule has 202 valence electrons. The summed E-state index contributed by atoms with van der Waals surface area (Å²) in [6, 6.07) is 3.85. The Labute approximate surface area is 234 Å². The standard InChI is InChI=1S/C27H31BrCl2O7/c1-10-6-16(36-24(10)33)21(31)19(23(29)30)13-4-5-14-15-7-17(28)27-25(34)35-9-12(37-27)8-26(27,3)20(15)22(32)18(14)11(13)2/h4-5,10,12,15-17,19-21,23,25,31,34H,6-9H2,1-3H3/t10-,12-,15+,16-,17+,19-,20-,21-,25-,26-,27-/m1/s1. The minimum absolute atomic E-state index is 0.0128. The molecule has 37 heavy (non-hydrogen) atoms. The number of ether oxygens (including phenoxy) is 3. The second kappa shape index (κ2) is 8.88. The topological polar surface area (TPSA) is 102 Å². The molecule has 0 radical (unpaired) electrons. The number of benzene rings is 1. The van der Waals surface area contributed by atoms with E-state index < -0.39 is 40.3 Å². The molecule has 3 heterocycles. The van der Waals surface area contributed by atoms with Gasteiger partial charge in [-0.3, -0.25) is 9.59 Å². The normalized spacial score (nSPS) is 43.9. The van der Waals surface area contributed by atoms with Crippen molar-refractivity contribution in [2.45, 2.75) is 91.7 Å². The number of esters is 1. The van der Waals surface area contributed by atoms with Crippen LogP contribution >= 0.6 is 39.1 Å². The molecule has 6 rings (SSSR count). The average molecular weight is 618 g/mol. The first-order chi connectivity index (χ1) is 17.4. The molecule has 1 saturated carbocycles. The lowest BCUT2D eigenvalue weighted by molar-refractivity contribution is -0.303. The van der Waals surface area contributed by atoms with E-state index in [2.05, 4.69) is 15.9 Å². The number of rotatable bonds is 4. The molecule has 7 nitrogen and oxygen atoms in total. The van der Waals surface area contributed by atoms with Crippen LogP contribution in [0.3, 0.4) is 0 Å². The van der Waals surface area contributed by atoms with Crippen molar-refractivity contribution >= 4 is 50.9 Å². The largest absolute Gasteiger partial charge is 0.459 e. The number of carbonyl (C=O) groups excluding carboxylic acids is 2. The number of fused-ring (bicyclic) bond motifs is 5. The predicted molar refractivity (Wildman–Crippen MR) is 139 cm³/mol. The van der Waals surface area contributed by atoms with E-state index in [1.54, 1.807) is 6.92 Å². The summed E-state index contributed by atoms with van der Waals surface area (Å²) in [6.45, 7) is 5.98. The van der Waals surface area contributed by atoms with Gasteiger partial charge in [0.25, 0.3) is 0 Å². The zero-order valence-electron chi connectivity index (χ0n) is 20.8. The Morgan fingerprint density at radius 2 is 1.95 bits per heavy atom. The summed E-state index contributed by atoms with van der Waals surface area (Å²) < 4.78 is 17.5. The van der Waals surface area contributed by atoms with E-state index in [0.29, 0.717) is 37.0 Å². The van der Waals surface area contributed by atoms with Crippen molar-refractivity contribution in [2.75, 3.05) is 6.61 Å². The number of Topliss-reactive ketones (excluding diaryl/α,β-unsaturated/α-hetero) is 1. The van der Waals surface area contributed by atoms with Gasteiger partial charge in [0.1, 0.15) is 22.6 Å². The van der Waals surface area contributed by atoms with Crippen LogP contribution in [0, 0.1) is 24.2 Å². The number of hydrogen-bond acceptors (Lipinski definition) is 7. The van der Waals surface area contributed by atoms with Crippen molar-refractivity contribution in [3.8, 4) is 0 Å². The molecule has 1 spiro atoms. The summed E-state index contributed by atoms with van der Waals surface area (Å²) in [4.78, 5) is 25.1. The molecule has 0 amide bonds. The maximum atomic E-state index is 14.3. The van der Waals surface area contributed by atoms with Crippen LogP contribution in [0.1, 0.15) is 72.0 Å².